The molecular weight excluding hydrogens is 486 g/mol. The molecular formula is C34H39NO4. The summed E-state index contributed by atoms with van der Waals surface area (Å²) >= 11 is 0. The summed E-state index contributed by atoms with van der Waals surface area (Å²) in [6, 6.07) is 24.5. The highest BCUT2D eigenvalue weighted by molar-refractivity contribution is 5.94. The molecule has 1 amide bonds. The van der Waals surface area contributed by atoms with Crippen molar-refractivity contribution in [2.75, 3.05) is 11.9 Å². The van der Waals surface area contributed by atoms with Gasteiger partial charge < -0.3 is 15.2 Å². The topological polar surface area (TPSA) is 75.6 Å². The van der Waals surface area contributed by atoms with Crippen LogP contribution < -0.4 is 10.1 Å². The average Bonchev–Trinajstić information content (AvgIpc) is 3.42. The molecule has 5 heteroatoms. The first-order valence-corrected chi connectivity index (χ1v) is 14.1. The summed E-state index contributed by atoms with van der Waals surface area (Å²) in [7, 11) is 0. The number of amides is 1. The number of carbonyl (C=O) groups is 2. The molecule has 0 aromatic heterocycles. The van der Waals surface area contributed by atoms with Gasteiger partial charge in [0.25, 0.3) is 0 Å². The summed E-state index contributed by atoms with van der Waals surface area (Å²) in [4.78, 5) is 24.4. The molecule has 3 aromatic rings. The third kappa shape index (κ3) is 8.31. The molecule has 4 rings (SSSR count). The molecule has 1 fully saturated rings. The van der Waals surface area contributed by atoms with Gasteiger partial charge in [-0.3, -0.25) is 9.59 Å². The molecule has 2 N–H and O–H groups in total. The van der Waals surface area contributed by atoms with Gasteiger partial charge in [0.05, 0.1) is 12.0 Å². The monoisotopic (exact) mass is 525 g/mol. The summed E-state index contributed by atoms with van der Waals surface area (Å²) in [5.74, 6) is -0.264. The predicted octanol–water partition coefficient (Wildman–Crippen LogP) is 7.79. The van der Waals surface area contributed by atoms with E-state index in [0.29, 0.717) is 25.1 Å². The Bertz CT molecular complexity index is 1270. The fourth-order valence-corrected chi connectivity index (χ4v) is 5.21. The van der Waals surface area contributed by atoms with Crippen molar-refractivity contribution in [1.82, 2.24) is 0 Å². The van der Waals surface area contributed by atoms with Crippen LogP contribution in [0.15, 0.2) is 72.8 Å². The number of nitrogens with one attached hydrogen (secondary N) is 1. The van der Waals surface area contributed by atoms with E-state index in [2.05, 4.69) is 36.5 Å². The number of carbonyl (C=O) groups excluding carboxylic acids is 1. The summed E-state index contributed by atoms with van der Waals surface area (Å²) in [5.41, 5.74) is 4.47. The minimum absolute atomic E-state index is 0.0151. The van der Waals surface area contributed by atoms with Crippen LogP contribution in [-0.4, -0.2) is 23.6 Å². The van der Waals surface area contributed by atoms with E-state index < -0.39 is 11.4 Å². The van der Waals surface area contributed by atoms with Crippen molar-refractivity contribution in [1.29, 1.82) is 0 Å². The van der Waals surface area contributed by atoms with E-state index in [-0.39, 0.29) is 12.3 Å². The first kappa shape index (κ1) is 28.2. The zero-order chi connectivity index (χ0) is 27.5. The van der Waals surface area contributed by atoms with Gasteiger partial charge in [-0.15, -0.1) is 0 Å². The number of aryl methyl sites for hydroxylation is 2. The summed E-state index contributed by atoms with van der Waals surface area (Å²) in [6.07, 6.45) is 11.1. The van der Waals surface area contributed by atoms with Gasteiger partial charge in [0, 0.05) is 12.1 Å². The van der Waals surface area contributed by atoms with E-state index >= 15 is 0 Å². The van der Waals surface area contributed by atoms with Crippen LogP contribution >= 0.6 is 0 Å². The third-order valence-corrected chi connectivity index (χ3v) is 7.57. The Morgan fingerprint density at radius 2 is 1.56 bits per heavy atom. The molecule has 0 aliphatic heterocycles. The van der Waals surface area contributed by atoms with Gasteiger partial charge >= 0.3 is 5.97 Å². The molecule has 0 saturated heterocycles. The quantitative estimate of drug-likeness (QED) is 0.176. The Morgan fingerprint density at radius 1 is 0.897 bits per heavy atom. The molecule has 1 saturated carbocycles. The van der Waals surface area contributed by atoms with E-state index in [1.165, 1.54) is 11.1 Å². The number of hydrogen-bond donors (Lipinski definition) is 2. The lowest BCUT2D eigenvalue weighted by Gasteiger charge is -2.22. The van der Waals surface area contributed by atoms with Gasteiger partial charge in [0.1, 0.15) is 5.75 Å². The number of hydrogen-bond acceptors (Lipinski definition) is 3. The van der Waals surface area contributed by atoms with Crippen LogP contribution in [0.1, 0.15) is 74.1 Å². The highest BCUT2D eigenvalue weighted by Crippen LogP contribution is 2.41. The normalized spacial score (nSPS) is 14.4. The van der Waals surface area contributed by atoms with Crippen molar-refractivity contribution in [3.63, 3.8) is 0 Å². The van der Waals surface area contributed by atoms with Crippen molar-refractivity contribution < 1.29 is 19.4 Å². The van der Waals surface area contributed by atoms with Crippen LogP contribution in [0.2, 0.25) is 0 Å². The van der Waals surface area contributed by atoms with Gasteiger partial charge in [-0.25, -0.2) is 0 Å². The molecule has 1 aliphatic carbocycles. The molecule has 39 heavy (non-hydrogen) atoms. The van der Waals surface area contributed by atoms with E-state index in [0.717, 1.165) is 55.4 Å². The molecule has 0 atom stereocenters. The minimum Gasteiger partial charge on any atom is -0.494 e. The number of benzene rings is 3. The Kier molecular flexibility index (Phi) is 9.96. The van der Waals surface area contributed by atoms with Crippen LogP contribution in [-0.2, 0) is 22.4 Å². The van der Waals surface area contributed by atoms with Gasteiger partial charge in [-0.05, 0) is 85.0 Å². The lowest BCUT2D eigenvalue weighted by molar-refractivity contribution is -0.150. The third-order valence-electron chi connectivity index (χ3n) is 7.57. The molecule has 204 valence electrons. The number of aliphatic carboxylic acids is 1. The van der Waals surface area contributed by atoms with E-state index in [4.69, 9.17) is 4.74 Å². The van der Waals surface area contributed by atoms with Crippen LogP contribution in [0, 0.1) is 5.41 Å². The van der Waals surface area contributed by atoms with Gasteiger partial charge in [-0.2, -0.15) is 0 Å². The fourth-order valence-electron chi connectivity index (χ4n) is 5.21. The summed E-state index contributed by atoms with van der Waals surface area (Å²) in [5, 5.41) is 12.5. The van der Waals surface area contributed by atoms with Crippen molar-refractivity contribution in [2.24, 2.45) is 5.41 Å². The van der Waals surface area contributed by atoms with Gasteiger partial charge in [0.2, 0.25) is 5.91 Å². The Balaban J connectivity index is 1.25. The van der Waals surface area contributed by atoms with Crippen molar-refractivity contribution in [2.45, 2.75) is 64.7 Å². The fraction of sp³-hybridized carbons (Fsp3) is 0.353. The second-order valence-corrected chi connectivity index (χ2v) is 10.5. The Labute approximate surface area is 231 Å². The molecule has 0 unspecified atom stereocenters. The first-order valence-electron chi connectivity index (χ1n) is 14.1. The average molecular weight is 526 g/mol. The molecule has 0 heterocycles. The highest BCUT2D eigenvalue weighted by atomic mass is 16.5. The van der Waals surface area contributed by atoms with Crippen LogP contribution in [0.25, 0.3) is 12.2 Å². The van der Waals surface area contributed by atoms with E-state index in [1.54, 1.807) is 0 Å². The minimum atomic E-state index is -0.921. The summed E-state index contributed by atoms with van der Waals surface area (Å²) < 4.78 is 5.99. The van der Waals surface area contributed by atoms with Crippen LogP contribution in [0.5, 0.6) is 5.75 Å². The maximum atomic E-state index is 12.6. The number of carboxylic acid groups (broad SMARTS) is 1. The first-order chi connectivity index (χ1) is 19.0. The van der Waals surface area contributed by atoms with Crippen LogP contribution in [0.4, 0.5) is 5.69 Å². The van der Waals surface area contributed by atoms with Crippen molar-refractivity contribution in [3.8, 4) is 5.75 Å². The second kappa shape index (κ2) is 13.8. The zero-order valence-corrected chi connectivity index (χ0v) is 22.8. The van der Waals surface area contributed by atoms with Gasteiger partial charge in [-0.1, -0.05) is 80.4 Å². The van der Waals surface area contributed by atoms with Gasteiger partial charge in [0.15, 0.2) is 0 Å². The SMILES string of the molecule is CCc1ccc(CCCCOc2cccc(C=Cc3cccc(NC(=O)CC4(C(=O)O)CCCC4)c3)c2)cc1. The van der Waals surface area contributed by atoms with E-state index in [1.807, 2.05) is 60.7 Å². The molecule has 0 spiro atoms. The van der Waals surface area contributed by atoms with E-state index in [9.17, 15) is 14.7 Å². The smallest absolute Gasteiger partial charge is 0.310 e. The predicted molar refractivity (Wildman–Crippen MR) is 158 cm³/mol. The Morgan fingerprint density at radius 3 is 2.26 bits per heavy atom. The lowest BCUT2D eigenvalue weighted by atomic mass is 9.82. The molecule has 1 aliphatic rings. The lowest BCUT2D eigenvalue weighted by Crippen LogP contribution is -2.32. The van der Waals surface area contributed by atoms with Crippen molar-refractivity contribution >= 4 is 29.7 Å². The Hall–Kier alpha value is -3.86. The van der Waals surface area contributed by atoms with Crippen LogP contribution in [0.3, 0.4) is 0 Å². The number of anilines is 1. The number of ether oxygens (including phenoxy) is 1. The second-order valence-electron chi connectivity index (χ2n) is 10.5. The number of unbranched alkanes of at least 4 members (excludes halogenated alkanes) is 1. The molecule has 0 radical (unpaired) electrons. The molecule has 3 aromatic carbocycles. The number of carboxylic acids is 1. The molecule has 0 bridgehead atoms. The zero-order valence-electron chi connectivity index (χ0n) is 22.8. The highest BCUT2D eigenvalue weighted by Gasteiger charge is 2.42. The summed E-state index contributed by atoms with van der Waals surface area (Å²) in [6.45, 7) is 2.86. The maximum absolute atomic E-state index is 12.6. The standard InChI is InChI=1S/C34H39NO4/c1-2-26-14-16-27(17-15-26)9-3-6-22-39-31-13-8-11-29(24-31)19-18-28-10-7-12-30(23-28)35-32(36)25-34(33(37)38)20-4-5-21-34/h7-8,10-19,23-24H,2-6,9,20-22,25H2,1H3,(H,35,36)(H,37,38). The maximum Gasteiger partial charge on any atom is 0.310 e. The molecule has 5 nitrogen and oxygen atoms in total. The number of rotatable bonds is 13. The largest absolute Gasteiger partial charge is 0.494 e. The van der Waals surface area contributed by atoms with Crippen molar-refractivity contribution in [3.05, 3.63) is 95.1 Å².